The molecule has 6 nitrogen and oxygen atoms in total. The van der Waals surface area contributed by atoms with Gasteiger partial charge < -0.3 is 10.1 Å². The van der Waals surface area contributed by atoms with E-state index in [2.05, 4.69) is 20.4 Å². The maximum Gasteiger partial charge on any atom is 0.159 e. The van der Waals surface area contributed by atoms with Crippen molar-refractivity contribution in [1.29, 1.82) is 0 Å². The van der Waals surface area contributed by atoms with Crippen LogP contribution in [0.2, 0.25) is 0 Å². The van der Waals surface area contributed by atoms with Crippen molar-refractivity contribution in [2.24, 2.45) is 7.05 Å². The first kappa shape index (κ1) is 13.5. The van der Waals surface area contributed by atoms with Gasteiger partial charge in [0.25, 0.3) is 0 Å². The molecule has 1 unspecified atom stereocenters. The van der Waals surface area contributed by atoms with Crippen LogP contribution < -0.4 is 5.32 Å². The van der Waals surface area contributed by atoms with E-state index in [-0.39, 0.29) is 6.10 Å². The number of nitrogens with zero attached hydrogens (tertiary/aromatic N) is 4. The molecule has 0 aliphatic carbocycles. The fourth-order valence-electron chi connectivity index (χ4n) is 1.73. The molecule has 2 heterocycles. The molecule has 0 aromatic carbocycles. The number of anilines is 1. The summed E-state index contributed by atoms with van der Waals surface area (Å²) in [6.45, 7) is 4.77. The van der Waals surface area contributed by atoms with E-state index in [1.54, 1.807) is 18.0 Å². The number of methoxy groups -OCH3 is 1. The summed E-state index contributed by atoms with van der Waals surface area (Å²) in [7, 11) is 3.53. The van der Waals surface area contributed by atoms with E-state index in [9.17, 15) is 0 Å². The van der Waals surface area contributed by atoms with Crippen molar-refractivity contribution in [3.8, 4) is 11.3 Å². The number of rotatable bonds is 5. The number of hydrogen-bond donors (Lipinski definition) is 1. The lowest BCUT2D eigenvalue weighted by Gasteiger charge is -2.12. The van der Waals surface area contributed by atoms with Gasteiger partial charge in [-0.05, 0) is 13.8 Å². The fourth-order valence-corrected chi connectivity index (χ4v) is 1.73. The molecule has 0 fully saturated rings. The van der Waals surface area contributed by atoms with Gasteiger partial charge in [0, 0.05) is 38.5 Å². The molecule has 0 spiro atoms. The Morgan fingerprint density at radius 3 is 2.79 bits per heavy atom. The molecular formula is C13H19N5O. The van der Waals surface area contributed by atoms with Crippen molar-refractivity contribution in [1.82, 2.24) is 19.7 Å². The van der Waals surface area contributed by atoms with Gasteiger partial charge in [-0.3, -0.25) is 4.68 Å². The van der Waals surface area contributed by atoms with E-state index < -0.39 is 0 Å². The Kier molecular flexibility index (Phi) is 4.11. The fraction of sp³-hybridized carbons (Fsp3) is 0.462. The molecule has 1 N–H and O–H groups in total. The zero-order valence-electron chi connectivity index (χ0n) is 11.7. The molecule has 2 aromatic heterocycles. The number of ether oxygens (including phenoxy) is 1. The molecule has 0 aliphatic rings. The van der Waals surface area contributed by atoms with Crippen LogP contribution in [0.25, 0.3) is 11.3 Å². The van der Waals surface area contributed by atoms with E-state index >= 15 is 0 Å². The largest absolute Gasteiger partial charge is 0.374 e. The van der Waals surface area contributed by atoms with Crippen LogP contribution in [0, 0.1) is 0 Å². The normalized spacial score (nSPS) is 12.4. The molecule has 19 heavy (non-hydrogen) atoms. The van der Waals surface area contributed by atoms with Gasteiger partial charge in [-0.15, -0.1) is 0 Å². The van der Waals surface area contributed by atoms with Crippen LogP contribution in [0.3, 0.4) is 0 Å². The van der Waals surface area contributed by atoms with Gasteiger partial charge in [0.1, 0.15) is 11.9 Å². The summed E-state index contributed by atoms with van der Waals surface area (Å²) >= 11 is 0. The van der Waals surface area contributed by atoms with Gasteiger partial charge in [-0.1, -0.05) is 0 Å². The van der Waals surface area contributed by atoms with Crippen LogP contribution in [0.5, 0.6) is 0 Å². The highest BCUT2D eigenvalue weighted by molar-refractivity contribution is 5.61. The molecule has 0 amide bonds. The summed E-state index contributed by atoms with van der Waals surface area (Å²) in [6.07, 6.45) is 3.58. The van der Waals surface area contributed by atoms with Crippen molar-refractivity contribution >= 4 is 5.82 Å². The lowest BCUT2D eigenvalue weighted by atomic mass is 10.2. The molecular weight excluding hydrogens is 242 g/mol. The lowest BCUT2D eigenvalue weighted by molar-refractivity contribution is 0.112. The van der Waals surface area contributed by atoms with Crippen molar-refractivity contribution in [3.05, 3.63) is 24.3 Å². The van der Waals surface area contributed by atoms with E-state index in [1.165, 1.54) is 0 Å². The maximum atomic E-state index is 5.29. The molecule has 0 radical (unpaired) electrons. The minimum absolute atomic E-state index is 0.144. The standard InChI is InChI=1S/C13H19N5O/c1-5-14-12-6-11(10-7-15-18(3)8-10)16-13(17-12)9(2)19-4/h6-9H,5H2,1-4H3,(H,14,16,17). The third kappa shape index (κ3) is 3.08. The van der Waals surface area contributed by atoms with Gasteiger partial charge >= 0.3 is 0 Å². The van der Waals surface area contributed by atoms with E-state index in [0.717, 1.165) is 23.6 Å². The maximum absolute atomic E-state index is 5.29. The van der Waals surface area contributed by atoms with Gasteiger partial charge in [0.2, 0.25) is 0 Å². The molecule has 0 saturated heterocycles. The Bertz CT molecular complexity index is 552. The summed E-state index contributed by atoms with van der Waals surface area (Å²) in [5, 5.41) is 7.38. The smallest absolute Gasteiger partial charge is 0.159 e. The first-order valence-corrected chi connectivity index (χ1v) is 6.28. The monoisotopic (exact) mass is 261 g/mol. The quantitative estimate of drug-likeness (QED) is 0.892. The minimum Gasteiger partial charge on any atom is -0.374 e. The summed E-state index contributed by atoms with van der Waals surface area (Å²) < 4.78 is 7.05. The van der Waals surface area contributed by atoms with Gasteiger partial charge in [-0.25, -0.2) is 9.97 Å². The van der Waals surface area contributed by atoms with Crippen molar-refractivity contribution in [2.75, 3.05) is 19.0 Å². The summed E-state index contributed by atoms with van der Waals surface area (Å²) in [5.74, 6) is 1.47. The Balaban J connectivity index is 2.44. The lowest BCUT2D eigenvalue weighted by Crippen LogP contribution is -2.08. The zero-order valence-corrected chi connectivity index (χ0v) is 11.7. The van der Waals surface area contributed by atoms with Gasteiger partial charge in [0.15, 0.2) is 5.82 Å². The zero-order chi connectivity index (χ0) is 13.8. The van der Waals surface area contributed by atoms with Gasteiger partial charge in [-0.2, -0.15) is 5.10 Å². The predicted octanol–water partition coefficient (Wildman–Crippen LogP) is 2.02. The first-order chi connectivity index (χ1) is 9.13. The molecule has 2 aromatic rings. The van der Waals surface area contributed by atoms with Crippen LogP contribution in [0.4, 0.5) is 5.82 Å². The highest BCUT2D eigenvalue weighted by Gasteiger charge is 2.12. The van der Waals surface area contributed by atoms with E-state index in [1.807, 2.05) is 33.2 Å². The average Bonchev–Trinajstić information content (AvgIpc) is 2.84. The van der Waals surface area contributed by atoms with Crippen LogP contribution in [-0.4, -0.2) is 33.4 Å². The molecule has 2 rings (SSSR count). The molecule has 6 heteroatoms. The highest BCUT2D eigenvalue weighted by Crippen LogP contribution is 2.22. The number of aryl methyl sites for hydroxylation is 1. The number of hydrogen-bond acceptors (Lipinski definition) is 5. The second-order valence-corrected chi connectivity index (χ2v) is 4.31. The Morgan fingerprint density at radius 2 is 2.21 bits per heavy atom. The number of aromatic nitrogens is 4. The minimum atomic E-state index is -0.144. The van der Waals surface area contributed by atoms with Crippen LogP contribution in [-0.2, 0) is 11.8 Å². The highest BCUT2D eigenvalue weighted by atomic mass is 16.5. The van der Waals surface area contributed by atoms with Crippen LogP contribution in [0.15, 0.2) is 18.5 Å². The molecule has 102 valence electrons. The second kappa shape index (κ2) is 5.79. The van der Waals surface area contributed by atoms with Crippen molar-refractivity contribution in [2.45, 2.75) is 20.0 Å². The average molecular weight is 261 g/mol. The summed E-state index contributed by atoms with van der Waals surface area (Å²) in [6, 6.07) is 1.92. The molecule has 1 atom stereocenters. The first-order valence-electron chi connectivity index (χ1n) is 6.28. The summed E-state index contributed by atoms with van der Waals surface area (Å²) in [4.78, 5) is 8.99. The SMILES string of the molecule is CCNc1cc(-c2cnn(C)c2)nc(C(C)OC)n1. The second-order valence-electron chi connectivity index (χ2n) is 4.31. The Morgan fingerprint density at radius 1 is 1.42 bits per heavy atom. The third-order valence-corrected chi connectivity index (χ3v) is 2.82. The van der Waals surface area contributed by atoms with Gasteiger partial charge in [0.05, 0.1) is 11.9 Å². The van der Waals surface area contributed by atoms with Crippen molar-refractivity contribution in [3.63, 3.8) is 0 Å². The molecule has 0 bridgehead atoms. The Labute approximate surface area is 112 Å². The number of nitrogens with one attached hydrogen (secondary N) is 1. The van der Waals surface area contributed by atoms with Crippen molar-refractivity contribution < 1.29 is 4.74 Å². The Hall–Kier alpha value is -1.95. The molecule has 0 aliphatic heterocycles. The third-order valence-electron chi connectivity index (χ3n) is 2.82. The molecule has 0 saturated carbocycles. The topological polar surface area (TPSA) is 64.9 Å². The van der Waals surface area contributed by atoms with E-state index in [4.69, 9.17) is 4.74 Å². The van der Waals surface area contributed by atoms with Crippen LogP contribution in [0.1, 0.15) is 25.8 Å². The van der Waals surface area contributed by atoms with E-state index in [0.29, 0.717) is 5.82 Å². The summed E-state index contributed by atoms with van der Waals surface area (Å²) in [5.41, 5.74) is 1.81. The van der Waals surface area contributed by atoms with Crippen LogP contribution >= 0.6 is 0 Å². The predicted molar refractivity (Wildman–Crippen MR) is 73.8 cm³/mol.